The Kier molecular flexibility index (Phi) is 7.51. The molecule has 0 bridgehead atoms. The van der Waals surface area contributed by atoms with Crippen molar-refractivity contribution < 1.29 is 17.9 Å². The highest BCUT2D eigenvalue weighted by molar-refractivity contribution is 7.89. The van der Waals surface area contributed by atoms with Crippen LogP contribution >= 0.6 is 11.6 Å². The van der Waals surface area contributed by atoms with Gasteiger partial charge in [0.25, 0.3) is 5.91 Å². The van der Waals surface area contributed by atoms with Crippen molar-refractivity contribution in [3.63, 3.8) is 0 Å². The van der Waals surface area contributed by atoms with Crippen LogP contribution < -0.4 is 4.72 Å². The van der Waals surface area contributed by atoms with Crippen LogP contribution in [0, 0.1) is 5.92 Å². The highest BCUT2D eigenvalue weighted by Gasteiger charge is 2.27. The van der Waals surface area contributed by atoms with Gasteiger partial charge in [-0.2, -0.15) is 0 Å². The molecule has 0 radical (unpaired) electrons. The Labute approximate surface area is 195 Å². The fourth-order valence-electron chi connectivity index (χ4n) is 4.40. The fourth-order valence-corrected chi connectivity index (χ4v) is 5.99. The Morgan fingerprint density at radius 1 is 1.09 bits per heavy atom. The first-order chi connectivity index (χ1) is 15.4. The van der Waals surface area contributed by atoms with Gasteiger partial charge in [-0.25, -0.2) is 13.1 Å². The summed E-state index contributed by atoms with van der Waals surface area (Å²) < 4.78 is 33.7. The third kappa shape index (κ3) is 5.70. The zero-order valence-electron chi connectivity index (χ0n) is 18.0. The van der Waals surface area contributed by atoms with Gasteiger partial charge in [-0.3, -0.25) is 4.79 Å². The minimum absolute atomic E-state index is 0.0676. The molecule has 0 aromatic heterocycles. The Balaban J connectivity index is 1.38. The largest absolute Gasteiger partial charge is 0.377 e. The zero-order valence-corrected chi connectivity index (χ0v) is 19.6. The summed E-state index contributed by atoms with van der Waals surface area (Å²) in [6.45, 7) is 2.18. The van der Waals surface area contributed by atoms with E-state index in [2.05, 4.69) is 29.0 Å². The smallest absolute Gasteiger partial charge is 0.253 e. The van der Waals surface area contributed by atoms with Crippen molar-refractivity contribution >= 4 is 27.5 Å². The molecule has 6 nitrogen and oxygen atoms in total. The lowest BCUT2D eigenvalue weighted by molar-refractivity contribution is 0.0690. The van der Waals surface area contributed by atoms with Gasteiger partial charge in [-0.15, -0.1) is 0 Å². The Morgan fingerprint density at radius 3 is 2.53 bits per heavy atom. The topological polar surface area (TPSA) is 75.7 Å². The fraction of sp³-hybridized carbons (Fsp3) is 0.458. The van der Waals surface area contributed by atoms with Gasteiger partial charge in [-0.1, -0.05) is 41.9 Å². The maximum Gasteiger partial charge on any atom is 0.253 e. The Morgan fingerprint density at radius 2 is 1.84 bits per heavy atom. The van der Waals surface area contributed by atoms with E-state index in [9.17, 15) is 13.2 Å². The number of piperidine rings is 1. The molecule has 2 aliphatic heterocycles. The van der Waals surface area contributed by atoms with Gasteiger partial charge in [0.1, 0.15) is 4.90 Å². The molecule has 2 saturated heterocycles. The molecule has 2 heterocycles. The van der Waals surface area contributed by atoms with Gasteiger partial charge in [0, 0.05) is 31.8 Å². The zero-order chi connectivity index (χ0) is 22.6. The molecular formula is C24H29ClN2O4S. The number of hydrogen-bond donors (Lipinski definition) is 1. The number of rotatable bonds is 7. The number of halogens is 1. The van der Waals surface area contributed by atoms with E-state index < -0.39 is 10.0 Å². The quantitative estimate of drug-likeness (QED) is 0.657. The Bertz CT molecular complexity index is 1030. The normalized spacial score (nSPS) is 19.9. The van der Waals surface area contributed by atoms with Crippen LogP contribution in [0.25, 0.3) is 0 Å². The second-order valence-corrected chi connectivity index (χ2v) is 10.7. The highest BCUT2D eigenvalue weighted by Crippen LogP contribution is 2.26. The Hall–Kier alpha value is -1.93. The average molecular weight is 477 g/mol. The van der Waals surface area contributed by atoms with Crippen molar-refractivity contribution in [2.24, 2.45) is 5.92 Å². The third-order valence-corrected chi connectivity index (χ3v) is 8.17. The number of nitrogens with one attached hydrogen (secondary N) is 1. The number of amides is 1. The highest BCUT2D eigenvalue weighted by atomic mass is 35.5. The molecule has 1 N–H and O–H groups in total. The van der Waals surface area contributed by atoms with E-state index in [0.29, 0.717) is 31.2 Å². The number of carbonyl (C=O) groups is 1. The summed E-state index contributed by atoms with van der Waals surface area (Å²) in [4.78, 5) is 14.8. The van der Waals surface area contributed by atoms with Crippen molar-refractivity contribution in [1.82, 2.24) is 9.62 Å². The lowest BCUT2D eigenvalue weighted by Gasteiger charge is -2.32. The predicted octanol–water partition coefficient (Wildman–Crippen LogP) is 3.89. The van der Waals surface area contributed by atoms with Crippen LogP contribution in [0.3, 0.4) is 0 Å². The molecule has 2 aliphatic rings. The van der Waals surface area contributed by atoms with Crippen molar-refractivity contribution in [2.75, 3.05) is 26.2 Å². The second-order valence-electron chi connectivity index (χ2n) is 8.56. The molecule has 8 heteroatoms. The summed E-state index contributed by atoms with van der Waals surface area (Å²) in [5.41, 5.74) is 1.66. The number of benzene rings is 2. The SMILES string of the molecule is O=C(c1ccc(Cl)c(S(=O)(=O)NCC2CCCO2)c1)N1CCC(Cc2ccccc2)CC1. The maximum absolute atomic E-state index is 13.1. The van der Waals surface area contributed by atoms with Crippen molar-refractivity contribution in [3.8, 4) is 0 Å². The predicted molar refractivity (Wildman–Crippen MR) is 124 cm³/mol. The van der Waals surface area contributed by atoms with Crippen LogP contribution in [0.15, 0.2) is 53.4 Å². The minimum atomic E-state index is -3.84. The molecule has 1 amide bonds. The lowest BCUT2D eigenvalue weighted by Crippen LogP contribution is -2.39. The van der Waals surface area contributed by atoms with Crippen LogP contribution in [-0.2, 0) is 21.2 Å². The number of sulfonamides is 1. The van der Waals surface area contributed by atoms with Gasteiger partial charge in [-0.05, 0) is 61.8 Å². The summed E-state index contributed by atoms with van der Waals surface area (Å²) in [6, 6.07) is 14.9. The van der Waals surface area contributed by atoms with Gasteiger partial charge < -0.3 is 9.64 Å². The van der Waals surface area contributed by atoms with E-state index >= 15 is 0 Å². The summed E-state index contributed by atoms with van der Waals surface area (Å²) in [5.74, 6) is 0.389. The van der Waals surface area contributed by atoms with E-state index in [-0.39, 0.29) is 28.5 Å². The number of likely N-dealkylation sites (tertiary alicyclic amines) is 1. The van der Waals surface area contributed by atoms with E-state index in [1.165, 1.54) is 17.7 Å². The first kappa shape index (κ1) is 23.2. The van der Waals surface area contributed by atoms with Gasteiger partial charge >= 0.3 is 0 Å². The summed E-state index contributed by atoms with van der Waals surface area (Å²) >= 11 is 6.19. The molecular weight excluding hydrogens is 448 g/mol. The molecule has 1 atom stereocenters. The first-order valence-corrected chi connectivity index (χ1v) is 13.0. The lowest BCUT2D eigenvalue weighted by atomic mass is 9.90. The summed E-state index contributed by atoms with van der Waals surface area (Å²) in [7, 11) is -3.84. The molecule has 0 saturated carbocycles. The number of carbonyl (C=O) groups excluding carboxylic acids is 1. The molecule has 4 rings (SSSR count). The number of hydrogen-bond acceptors (Lipinski definition) is 4. The van der Waals surface area contributed by atoms with Crippen LogP contribution in [0.5, 0.6) is 0 Å². The molecule has 2 aromatic rings. The van der Waals surface area contributed by atoms with E-state index in [4.69, 9.17) is 16.3 Å². The van der Waals surface area contributed by atoms with Crippen LogP contribution in [0.2, 0.25) is 5.02 Å². The number of ether oxygens (including phenoxy) is 1. The first-order valence-electron chi connectivity index (χ1n) is 11.2. The molecule has 2 aromatic carbocycles. The van der Waals surface area contributed by atoms with Gasteiger partial charge in [0.05, 0.1) is 11.1 Å². The molecule has 1 unspecified atom stereocenters. The second kappa shape index (κ2) is 10.3. The molecule has 32 heavy (non-hydrogen) atoms. The van der Waals surface area contributed by atoms with E-state index in [1.807, 2.05) is 6.07 Å². The van der Waals surface area contributed by atoms with Crippen molar-refractivity contribution in [3.05, 3.63) is 64.7 Å². The molecule has 0 spiro atoms. The average Bonchev–Trinajstić information content (AvgIpc) is 3.33. The van der Waals surface area contributed by atoms with Crippen LogP contribution in [0.1, 0.15) is 41.6 Å². The van der Waals surface area contributed by atoms with Crippen LogP contribution in [-0.4, -0.2) is 51.6 Å². The standard InChI is InChI=1S/C24H29ClN2O4S/c25-22-9-8-20(16-23(22)32(29,30)26-17-21-7-4-14-31-21)24(28)27-12-10-19(11-13-27)15-18-5-2-1-3-6-18/h1-3,5-6,8-9,16,19,21,26H,4,7,10-15,17H2. The third-order valence-electron chi connectivity index (χ3n) is 6.26. The molecule has 2 fully saturated rings. The molecule has 0 aliphatic carbocycles. The maximum atomic E-state index is 13.1. The van der Waals surface area contributed by atoms with Crippen LogP contribution in [0.4, 0.5) is 0 Å². The molecule has 172 valence electrons. The minimum Gasteiger partial charge on any atom is -0.377 e. The monoisotopic (exact) mass is 476 g/mol. The van der Waals surface area contributed by atoms with Gasteiger partial charge in [0.15, 0.2) is 0 Å². The van der Waals surface area contributed by atoms with Gasteiger partial charge in [0.2, 0.25) is 10.0 Å². The van der Waals surface area contributed by atoms with Crippen molar-refractivity contribution in [2.45, 2.75) is 43.1 Å². The summed E-state index contributed by atoms with van der Waals surface area (Å²) in [6.07, 6.45) is 4.52. The van der Waals surface area contributed by atoms with E-state index in [1.54, 1.807) is 11.0 Å². The van der Waals surface area contributed by atoms with Crippen molar-refractivity contribution in [1.29, 1.82) is 0 Å². The number of nitrogens with zero attached hydrogens (tertiary/aromatic N) is 1. The summed E-state index contributed by atoms with van der Waals surface area (Å²) in [5, 5.41) is 0.1000. The van der Waals surface area contributed by atoms with E-state index in [0.717, 1.165) is 32.1 Å².